The molecule has 1 amide bonds. The van der Waals surface area contributed by atoms with Gasteiger partial charge in [-0.2, -0.15) is 5.10 Å². The number of likely N-dealkylation sites (tertiary alicyclic amines) is 1. The fraction of sp³-hybridized carbons (Fsp3) is 0.226. The van der Waals surface area contributed by atoms with Crippen molar-refractivity contribution in [2.75, 3.05) is 13.1 Å². The van der Waals surface area contributed by atoms with E-state index in [-0.39, 0.29) is 23.7 Å². The van der Waals surface area contributed by atoms with E-state index in [1.54, 1.807) is 29.2 Å². The van der Waals surface area contributed by atoms with Gasteiger partial charge in [0.15, 0.2) is 11.6 Å². The van der Waals surface area contributed by atoms with Gasteiger partial charge in [-0.3, -0.25) is 14.6 Å². The molecule has 1 aromatic carbocycles. The summed E-state index contributed by atoms with van der Waals surface area (Å²) >= 11 is 1.41. The van der Waals surface area contributed by atoms with Crippen LogP contribution in [0.4, 0.5) is 0 Å². The fourth-order valence-corrected chi connectivity index (χ4v) is 6.87. The number of ether oxygens (including phenoxy) is 1. The number of amides is 1. The molecule has 2 aliphatic heterocycles. The summed E-state index contributed by atoms with van der Waals surface area (Å²) in [7, 11) is 0. The van der Waals surface area contributed by atoms with Crippen LogP contribution >= 0.6 is 11.3 Å². The van der Waals surface area contributed by atoms with Crippen LogP contribution in [-0.4, -0.2) is 66.1 Å². The zero-order chi connectivity index (χ0) is 29.0. The molecular weight excluding hydrogens is 554 g/mol. The summed E-state index contributed by atoms with van der Waals surface area (Å²) < 4.78 is 8.23. The quantitative estimate of drug-likeness (QED) is 0.308. The van der Waals surface area contributed by atoms with Crippen LogP contribution in [0.25, 0.3) is 27.2 Å². The third kappa shape index (κ3) is 4.42. The van der Waals surface area contributed by atoms with Gasteiger partial charge in [0.05, 0.1) is 28.1 Å². The highest BCUT2D eigenvalue weighted by molar-refractivity contribution is 7.20. The molecule has 42 heavy (non-hydrogen) atoms. The molecule has 10 nitrogen and oxygen atoms in total. The second-order valence-electron chi connectivity index (χ2n) is 10.7. The predicted octanol–water partition coefficient (Wildman–Crippen LogP) is 5.19. The van der Waals surface area contributed by atoms with Crippen molar-refractivity contribution in [2.45, 2.75) is 31.8 Å². The Morgan fingerprint density at radius 1 is 1.05 bits per heavy atom. The molecule has 4 aromatic heterocycles. The van der Waals surface area contributed by atoms with Crippen LogP contribution in [0.15, 0.2) is 67.1 Å². The number of nitrogens with zero attached hydrogens (tertiary/aromatic N) is 5. The Labute approximate surface area is 244 Å². The van der Waals surface area contributed by atoms with Gasteiger partial charge < -0.3 is 14.7 Å². The zero-order valence-corrected chi connectivity index (χ0v) is 23.4. The standard InChI is InChI=1S/C31H25N5O5S/c1-18-22-14-26(42-29(22)36(34-18)27-4-2-3-9-33-27)28(38)35-10-7-31(8-11-35)15-24(37)23-13-19(5-6-25(23)41-31)20-12-21(30(39)40)17-32-16-20/h2-6,9,12-14,16-17H,7-8,10-11,15H2,1H3,(H,39,40). The number of pyridine rings is 2. The number of piperidine rings is 1. The molecule has 210 valence electrons. The molecule has 1 spiro atoms. The lowest BCUT2D eigenvalue weighted by atomic mass is 9.82. The molecule has 0 atom stereocenters. The summed E-state index contributed by atoms with van der Waals surface area (Å²) in [6.45, 7) is 2.88. The molecule has 6 heterocycles. The lowest BCUT2D eigenvalue weighted by Gasteiger charge is -2.44. The molecule has 0 bridgehead atoms. The molecule has 11 heteroatoms. The second-order valence-corrected chi connectivity index (χ2v) is 11.7. The number of carbonyl (C=O) groups is 3. The van der Waals surface area contributed by atoms with Crippen LogP contribution in [-0.2, 0) is 0 Å². The maximum Gasteiger partial charge on any atom is 0.337 e. The first-order valence-electron chi connectivity index (χ1n) is 13.6. The van der Waals surface area contributed by atoms with Crippen LogP contribution in [0.1, 0.15) is 55.3 Å². The van der Waals surface area contributed by atoms with Crippen molar-refractivity contribution < 1.29 is 24.2 Å². The molecule has 0 aliphatic carbocycles. The summed E-state index contributed by atoms with van der Waals surface area (Å²) in [5, 5.41) is 14.8. The smallest absolute Gasteiger partial charge is 0.337 e. The van der Waals surface area contributed by atoms with Crippen LogP contribution in [0.3, 0.4) is 0 Å². The topological polar surface area (TPSA) is 128 Å². The van der Waals surface area contributed by atoms with Gasteiger partial charge in [-0.05, 0) is 48.9 Å². The van der Waals surface area contributed by atoms with E-state index >= 15 is 0 Å². The molecular formula is C31H25N5O5S. The maximum absolute atomic E-state index is 13.5. The van der Waals surface area contributed by atoms with E-state index in [9.17, 15) is 19.5 Å². The number of fused-ring (bicyclic) bond motifs is 2. The number of rotatable bonds is 4. The first-order chi connectivity index (χ1) is 20.3. The SMILES string of the molecule is Cc1nn(-c2ccccn2)c2sc(C(=O)N3CCC4(CC3)CC(=O)c3cc(-c5cncc(C(=O)O)c5)ccc3O4)cc12. The molecule has 7 rings (SSSR count). The van der Waals surface area contributed by atoms with Gasteiger partial charge in [0.2, 0.25) is 0 Å². The Balaban J connectivity index is 1.08. The van der Waals surface area contributed by atoms with Crippen LogP contribution in [0.5, 0.6) is 5.75 Å². The number of thiophene rings is 1. The number of aromatic nitrogens is 4. The monoisotopic (exact) mass is 579 g/mol. The Morgan fingerprint density at radius 2 is 1.88 bits per heavy atom. The number of ketones is 1. The van der Waals surface area contributed by atoms with Gasteiger partial charge >= 0.3 is 5.97 Å². The zero-order valence-electron chi connectivity index (χ0n) is 22.6. The molecule has 0 saturated carbocycles. The first-order valence-corrected chi connectivity index (χ1v) is 14.4. The third-order valence-electron chi connectivity index (χ3n) is 7.99. The lowest BCUT2D eigenvalue weighted by molar-refractivity contribution is -0.00559. The Morgan fingerprint density at radius 3 is 2.64 bits per heavy atom. The average molecular weight is 580 g/mol. The number of hydrogen-bond acceptors (Lipinski definition) is 8. The molecule has 1 fully saturated rings. The maximum atomic E-state index is 13.5. The van der Waals surface area contributed by atoms with E-state index < -0.39 is 11.6 Å². The van der Waals surface area contributed by atoms with E-state index in [0.29, 0.717) is 59.1 Å². The van der Waals surface area contributed by atoms with Gasteiger partial charge in [-0.1, -0.05) is 12.1 Å². The summed E-state index contributed by atoms with van der Waals surface area (Å²) in [5.41, 5.74) is 2.03. The number of aryl methyl sites for hydroxylation is 1. The molecule has 0 unspecified atom stereocenters. The summed E-state index contributed by atoms with van der Waals surface area (Å²) in [6.07, 6.45) is 5.89. The van der Waals surface area contributed by atoms with E-state index in [2.05, 4.69) is 15.1 Å². The van der Waals surface area contributed by atoms with Gasteiger partial charge in [-0.25, -0.2) is 14.5 Å². The van der Waals surface area contributed by atoms with Crippen molar-refractivity contribution in [1.29, 1.82) is 0 Å². The number of benzene rings is 1. The lowest BCUT2D eigenvalue weighted by Crippen LogP contribution is -2.52. The highest BCUT2D eigenvalue weighted by Gasteiger charge is 2.44. The minimum absolute atomic E-state index is 0.0284. The third-order valence-corrected chi connectivity index (χ3v) is 9.09. The van der Waals surface area contributed by atoms with Gasteiger partial charge in [0.1, 0.15) is 16.2 Å². The minimum Gasteiger partial charge on any atom is -0.486 e. The molecule has 1 saturated heterocycles. The number of Topliss-reactive ketones (excluding diaryl/α,β-unsaturated/α-hetero) is 1. The normalized spacial score (nSPS) is 15.9. The van der Waals surface area contributed by atoms with E-state index in [0.717, 1.165) is 15.9 Å². The van der Waals surface area contributed by atoms with Gasteiger partial charge in [-0.15, -0.1) is 11.3 Å². The van der Waals surface area contributed by atoms with Gasteiger partial charge in [0.25, 0.3) is 5.91 Å². The Bertz CT molecular complexity index is 1890. The Hall–Kier alpha value is -4.90. The van der Waals surface area contributed by atoms with Crippen molar-refractivity contribution in [3.05, 3.63) is 88.8 Å². The van der Waals surface area contributed by atoms with E-state index in [1.165, 1.54) is 23.6 Å². The molecule has 0 radical (unpaired) electrons. The minimum atomic E-state index is -1.06. The number of carbonyl (C=O) groups excluding carboxylic acids is 2. The highest BCUT2D eigenvalue weighted by atomic mass is 32.1. The van der Waals surface area contributed by atoms with Crippen molar-refractivity contribution in [2.24, 2.45) is 0 Å². The van der Waals surface area contributed by atoms with Crippen molar-refractivity contribution in [1.82, 2.24) is 24.6 Å². The first kappa shape index (κ1) is 26.0. The number of carboxylic acids is 1. The number of carboxylic acid groups (broad SMARTS) is 1. The average Bonchev–Trinajstić information content (AvgIpc) is 3.58. The molecule has 2 aliphatic rings. The Kier molecular flexibility index (Phi) is 6.12. The van der Waals surface area contributed by atoms with E-state index in [4.69, 9.17) is 4.74 Å². The van der Waals surface area contributed by atoms with Gasteiger partial charge in [0, 0.05) is 55.5 Å². The van der Waals surface area contributed by atoms with E-state index in [1.807, 2.05) is 42.2 Å². The number of aromatic carboxylic acids is 1. The highest BCUT2D eigenvalue weighted by Crippen LogP contribution is 2.41. The summed E-state index contributed by atoms with van der Waals surface area (Å²) in [6, 6.07) is 14.4. The van der Waals surface area contributed by atoms with Crippen LogP contribution in [0, 0.1) is 6.92 Å². The van der Waals surface area contributed by atoms with Crippen LogP contribution < -0.4 is 4.74 Å². The predicted molar refractivity (Wildman–Crippen MR) is 156 cm³/mol. The number of hydrogen-bond donors (Lipinski definition) is 1. The molecule has 1 N–H and O–H groups in total. The fourth-order valence-electron chi connectivity index (χ4n) is 5.73. The summed E-state index contributed by atoms with van der Waals surface area (Å²) in [4.78, 5) is 50.0. The largest absolute Gasteiger partial charge is 0.486 e. The van der Waals surface area contributed by atoms with Crippen molar-refractivity contribution in [3.8, 4) is 22.7 Å². The summed E-state index contributed by atoms with van der Waals surface area (Å²) in [5.74, 6) is 0.0817. The van der Waals surface area contributed by atoms with Crippen molar-refractivity contribution >= 4 is 39.2 Å². The second kappa shape index (κ2) is 9.88. The van der Waals surface area contributed by atoms with Crippen LogP contribution in [0.2, 0.25) is 0 Å². The molecule has 5 aromatic rings. The van der Waals surface area contributed by atoms with Crippen molar-refractivity contribution in [3.63, 3.8) is 0 Å².